The summed E-state index contributed by atoms with van der Waals surface area (Å²) in [5, 5.41) is 12.8. The molecule has 1 aromatic rings. The first kappa shape index (κ1) is 13.1. The third-order valence-corrected chi connectivity index (χ3v) is 3.83. The van der Waals surface area contributed by atoms with E-state index in [-0.39, 0.29) is 0 Å². The number of carbonyl (C=O) groups is 1. The van der Waals surface area contributed by atoms with Crippen LogP contribution in [0, 0.1) is 6.92 Å². The van der Waals surface area contributed by atoms with Gasteiger partial charge < -0.3 is 10.4 Å². The number of hydrogen-bond acceptors (Lipinski definition) is 2. The maximum Gasteiger partial charge on any atom is 0.312 e. The lowest BCUT2D eigenvalue weighted by molar-refractivity contribution is -0.138. The van der Waals surface area contributed by atoms with E-state index in [0.717, 1.165) is 11.1 Å². The Balaban J connectivity index is 2.04. The van der Waals surface area contributed by atoms with Gasteiger partial charge in [-0.3, -0.25) is 4.79 Å². The molecule has 1 unspecified atom stereocenters. The highest BCUT2D eigenvalue weighted by molar-refractivity contribution is 5.77. The quantitative estimate of drug-likeness (QED) is 0.841. The Morgan fingerprint density at radius 1 is 1.39 bits per heavy atom. The molecule has 18 heavy (non-hydrogen) atoms. The van der Waals surface area contributed by atoms with Crippen LogP contribution in [0.3, 0.4) is 0 Å². The summed E-state index contributed by atoms with van der Waals surface area (Å²) < 4.78 is 0. The number of benzene rings is 1. The number of nitrogens with one attached hydrogen (secondary N) is 1. The first-order chi connectivity index (χ1) is 8.68. The average Bonchev–Trinajstić information content (AvgIpc) is 2.84. The molecule has 1 aliphatic rings. The molecule has 0 saturated heterocycles. The SMILES string of the molecule is Cc1ccccc1C(CNC1CCCC1)C(=O)O. The number of carboxylic acids is 1. The highest BCUT2D eigenvalue weighted by Gasteiger charge is 2.23. The molecule has 1 fully saturated rings. The second-order valence-electron chi connectivity index (χ2n) is 5.14. The number of aliphatic carboxylic acids is 1. The molecular formula is C15H21NO2. The maximum absolute atomic E-state index is 11.4. The molecule has 0 amide bonds. The van der Waals surface area contributed by atoms with E-state index in [9.17, 15) is 9.90 Å². The zero-order chi connectivity index (χ0) is 13.0. The van der Waals surface area contributed by atoms with Crippen LogP contribution in [0.4, 0.5) is 0 Å². The second kappa shape index (κ2) is 6.01. The van der Waals surface area contributed by atoms with Gasteiger partial charge in [-0.15, -0.1) is 0 Å². The highest BCUT2D eigenvalue weighted by atomic mass is 16.4. The van der Waals surface area contributed by atoms with Crippen molar-refractivity contribution in [2.45, 2.75) is 44.6 Å². The van der Waals surface area contributed by atoms with Crippen molar-refractivity contribution in [3.8, 4) is 0 Å². The number of aryl methyl sites for hydroxylation is 1. The van der Waals surface area contributed by atoms with E-state index in [0.29, 0.717) is 12.6 Å². The average molecular weight is 247 g/mol. The molecule has 0 spiro atoms. The summed E-state index contributed by atoms with van der Waals surface area (Å²) in [7, 11) is 0. The van der Waals surface area contributed by atoms with E-state index in [1.807, 2.05) is 31.2 Å². The summed E-state index contributed by atoms with van der Waals surface area (Å²) in [4.78, 5) is 11.4. The molecular weight excluding hydrogens is 226 g/mol. The van der Waals surface area contributed by atoms with Gasteiger partial charge in [0.1, 0.15) is 0 Å². The van der Waals surface area contributed by atoms with Gasteiger partial charge in [0, 0.05) is 12.6 Å². The fourth-order valence-electron chi connectivity index (χ4n) is 2.72. The van der Waals surface area contributed by atoms with Crippen LogP contribution in [0.25, 0.3) is 0 Å². The fraction of sp³-hybridized carbons (Fsp3) is 0.533. The number of hydrogen-bond donors (Lipinski definition) is 2. The van der Waals surface area contributed by atoms with Crippen molar-refractivity contribution < 1.29 is 9.90 Å². The monoisotopic (exact) mass is 247 g/mol. The van der Waals surface area contributed by atoms with Crippen molar-refractivity contribution in [2.24, 2.45) is 0 Å². The Hall–Kier alpha value is -1.35. The van der Waals surface area contributed by atoms with Gasteiger partial charge >= 0.3 is 5.97 Å². The van der Waals surface area contributed by atoms with Crippen LogP contribution in [0.1, 0.15) is 42.7 Å². The first-order valence-corrected chi connectivity index (χ1v) is 6.70. The molecule has 1 aromatic carbocycles. The van der Waals surface area contributed by atoms with Crippen LogP contribution >= 0.6 is 0 Å². The molecule has 0 aromatic heterocycles. The summed E-state index contributed by atoms with van der Waals surface area (Å²) in [5.41, 5.74) is 1.98. The Labute approximate surface area is 108 Å². The van der Waals surface area contributed by atoms with Crippen LogP contribution in [0.5, 0.6) is 0 Å². The van der Waals surface area contributed by atoms with Crippen LogP contribution in [-0.4, -0.2) is 23.7 Å². The van der Waals surface area contributed by atoms with Crippen LogP contribution in [0.15, 0.2) is 24.3 Å². The Morgan fingerprint density at radius 3 is 2.67 bits per heavy atom. The molecule has 1 aliphatic carbocycles. The molecule has 2 N–H and O–H groups in total. The lowest BCUT2D eigenvalue weighted by Crippen LogP contribution is -2.33. The molecule has 0 heterocycles. The molecule has 0 aliphatic heterocycles. The standard InChI is InChI=1S/C15H21NO2/c1-11-6-2-5-9-13(11)14(15(17)18)10-16-12-7-3-4-8-12/h2,5-6,9,12,14,16H,3-4,7-8,10H2,1H3,(H,17,18). The molecule has 0 radical (unpaired) electrons. The van der Waals surface area contributed by atoms with Gasteiger partial charge in [0.15, 0.2) is 0 Å². The zero-order valence-electron chi connectivity index (χ0n) is 10.9. The van der Waals surface area contributed by atoms with Crippen LogP contribution < -0.4 is 5.32 Å². The summed E-state index contributed by atoms with van der Waals surface area (Å²) in [5.74, 6) is -1.18. The van der Waals surface area contributed by atoms with Crippen molar-refractivity contribution in [1.82, 2.24) is 5.32 Å². The normalized spacial score (nSPS) is 17.8. The Bertz CT molecular complexity index is 411. The summed E-state index contributed by atoms with van der Waals surface area (Å²) in [6.07, 6.45) is 4.89. The van der Waals surface area contributed by atoms with E-state index in [1.54, 1.807) is 0 Å². The van der Waals surface area contributed by atoms with Gasteiger partial charge in [-0.1, -0.05) is 37.1 Å². The van der Waals surface area contributed by atoms with Crippen molar-refractivity contribution >= 4 is 5.97 Å². The molecule has 2 rings (SSSR count). The van der Waals surface area contributed by atoms with Crippen LogP contribution in [0.2, 0.25) is 0 Å². The molecule has 3 heteroatoms. The summed E-state index contributed by atoms with van der Waals surface area (Å²) >= 11 is 0. The van der Waals surface area contributed by atoms with Crippen molar-refractivity contribution in [3.05, 3.63) is 35.4 Å². The highest BCUT2D eigenvalue weighted by Crippen LogP contribution is 2.22. The summed E-state index contributed by atoms with van der Waals surface area (Å²) in [6.45, 7) is 2.51. The van der Waals surface area contributed by atoms with E-state index in [2.05, 4.69) is 5.32 Å². The number of rotatable bonds is 5. The van der Waals surface area contributed by atoms with E-state index in [4.69, 9.17) is 0 Å². The topological polar surface area (TPSA) is 49.3 Å². The van der Waals surface area contributed by atoms with E-state index < -0.39 is 11.9 Å². The molecule has 1 saturated carbocycles. The van der Waals surface area contributed by atoms with Gasteiger partial charge in [0.25, 0.3) is 0 Å². The third kappa shape index (κ3) is 3.10. The third-order valence-electron chi connectivity index (χ3n) is 3.83. The lowest BCUT2D eigenvalue weighted by Gasteiger charge is -2.19. The predicted molar refractivity (Wildman–Crippen MR) is 71.8 cm³/mol. The molecule has 0 bridgehead atoms. The van der Waals surface area contributed by atoms with Gasteiger partial charge in [-0.2, -0.15) is 0 Å². The molecule has 98 valence electrons. The van der Waals surface area contributed by atoms with Crippen LogP contribution in [-0.2, 0) is 4.79 Å². The van der Waals surface area contributed by atoms with Crippen molar-refractivity contribution in [3.63, 3.8) is 0 Å². The molecule has 3 nitrogen and oxygen atoms in total. The zero-order valence-corrected chi connectivity index (χ0v) is 10.9. The van der Waals surface area contributed by atoms with E-state index >= 15 is 0 Å². The van der Waals surface area contributed by atoms with Gasteiger partial charge in [0.2, 0.25) is 0 Å². The van der Waals surface area contributed by atoms with E-state index in [1.165, 1.54) is 25.7 Å². The minimum atomic E-state index is -0.741. The first-order valence-electron chi connectivity index (χ1n) is 6.70. The Kier molecular flexibility index (Phi) is 4.37. The summed E-state index contributed by atoms with van der Waals surface area (Å²) in [6, 6.07) is 8.26. The van der Waals surface area contributed by atoms with Gasteiger partial charge in [-0.25, -0.2) is 0 Å². The lowest BCUT2D eigenvalue weighted by atomic mass is 9.94. The van der Waals surface area contributed by atoms with Crippen molar-refractivity contribution in [2.75, 3.05) is 6.54 Å². The minimum absolute atomic E-state index is 0.438. The Morgan fingerprint density at radius 2 is 2.06 bits per heavy atom. The van der Waals surface area contributed by atoms with Gasteiger partial charge in [-0.05, 0) is 30.9 Å². The smallest absolute Gasteiger partial charge is 0.312 e. The largest absolute Gasteiger partial charge is 0.481 e. The van der Waals surface area contributed by atoms with Gasteiger partial charge in [0.05, 0.1) is 5.92 Å². The minimum Gasteiger partial charge on any atom is -0.481 e. The van der Waals surface area contributed by atoms with Crippen molar-refractivity contribution in [1.29, 1.82) is 0 Å². The maximum atomic E-state index is 11.4. The fourth-order valence-corrected chi connectivity index (χ4v) is 2.72. The number of carboxylic acid groups (broad SMARTS) is 1. The predicted octanol–water partition coefficient (Wildman–Crippen LogP) is 2.70. The molecule has 1 atom stereocenters. The second-order valence-corrected chi connectivity index (χ2v) is 5.14.